The highest BCUT2D eigenvalue weighted by Crippen LogP contribution is 2.28. The maximum atomic E-state index is 13.8. The summed E-state index contributed by atoms with van der Waals surface area (Å²) >= 11 is 0. The van der Waals surface area contributed by atoms with Crippen molar-refractivity contribution in [2.45, 2.75) is 25.9 Å². The van der Waals surface area contributed by atoms with Crippen molar-refractivity contribution in [2.24, 2.45) is 0 Å². The molecule has 1 aliphatic heterocycles. The lowest BCUT2D eigenvalue weighted by molar-refractivity contribution is 0.150. The third-order valence-electron chi connectivity index (χ3n) is 3.79. The van der Waals surface area contributed by atoms with Gasteiger partial charge in [0.1, 0.15) is 6.61 Å². The molecule has 25 heavy (non-hydrogen) atoms. The van der Waals surface area contributed by atoms with Crippen LogP contribution in [0.25, 0.3) is 0 Å². The summed E-state index contributed by atoms with van der Waals surface area (Å²) in [5.41, 5.74) is 0.339. The predicted octanol–water partition coefficient (Wildman–Crippen LogP) is 4.29. The zero-order valence-corrected chi connectivity index (χ0v) is 13.3. The number of alkyl halides is 2. The van der Waals surface area contributed by atoms with Gasteiger partial charge in [-0.15, -0.1) is 0 Å². The molecule has 0 radical (unpaired) electrons. The Labute approximate surface area is 142 Å². The molecule has 0 aliphatic carbocycles. The predicted molar refractivity (Wildman–Crippen MR) is 82.0 cm³/mol. The Hall–Kier alpha value is -2.77. The molecule has 2 heterocycles. The highest BCUT2D eigenvalue weighted by Gasteiger charge is 2.29. The van der Waals surface area contributed by atoms with Crippen LogP contribution in [0, 0.1) is 5.82 Å². The van der Waals surface area contributed by atoms with Crippen molar-refractivity contribution in [1.29, 1.82) is 0 Å². The Morgan fingerprint density at radius 1 is 1.36 bits per heavy atom. The van der Waals surface area contributed by atoms with E-state index in [9.17, 15) is 18.0 Å². The van der Waals surface area contributed by atoms with Gasteiger partial charge in [-0.2, -0.15) is 0 Å². The van der Waals surface area contributed by atoms with E-state index in [1.165, 1.54) is 12.3 Å². The van der Waals surface area contributed by atoms with Crippen molar-refractivity contribution in [2.75, 3.05) is 6.61 Å². The number of carbonyl (C=O) groups excluding carboxylic acids is 1. The quantitative estimate of drug-likeness (QED) is 0.805. The van der Waals surface area contributed by atoms with E-state index in [2.05, 4.69) is 4.98 Å². The molecule has 8 heteroatoms. The van der Waals surface area contributed by atoms with Gasteiger partial charge < -0.3 is 9.47 Å². The van der Waals surface area contributed by atoms with E-state index in [0.717, 1.165) is 23.8 Å². The molecule has 1 atom stereocenters. The summed E-state index contributed by atoms with van der Waals surface area (Å²) in [5.74, 6) is -0.969. The van der Waals surface area contributed by atoms with E-state index in [-0.39, 0.29) is 23.8 Å². The summed E-state index contributed by atoms with van der Waals surface area (Å²) in [4.78, 5) is 17.2. The molecule has 0 N–H and O–H groups in total. The Morgan fingerprint density at radius 2 is 2.16 bits per heavy atom. The van der Waals surface area contributed by atoms with Crippen LogP contribution >= 0.6 is 0 Å². The second-order valence-electron chi connectivity index (χ2n) is 5.65. The topological polar surface area (TPSA) is 51.7 Å². The third-order valence-corrected chi connectivity index (χ3v) is 3.79. The van der Waals surface area contributed by atoms with Gasteiger partial charge in [-0.1, -0.05) is 6.07 Å². The molecular weight excluding hydrogens is 337 g/mol. The number of hydrogen-bond donors (Lipinski definition) is 0. The van der Waals surface area contributed by atoms with E-state index in [1.54, 1.807) is 11.0 Å². The number of benzene rings is 1. The van der Waals surface area contributed by atoms with Gasteiger partial charge in [0.25, 0.3) is 6.43 Å². The minimum atomic E-state index is -2.75. The Bertz CT molecular complexity index is 768. The number of ether oxygens (including phenoxy) is 2. The average Bonchev–Trinajstić information content (AvgIpc) is 2.90. The van der Waals surface area contributed by atoms with Crippen LogP contribution in [0.5, 0.6) is 11.6 Å². The van der Waals surface area contributed by atoms with E-state index in [0.29, 0.717) is 13.2 Å². The molecule has 1 aromatic heterocycles. The van der Waals surface area contributed by atoms with Gasteiger partial charge in [-0.05, 0) is 30.7 Å². The van der Waals surface area contributed by atoms with Gasteiger partial charge in [0.15, 0.2) is 11.6 Å². The number of cyclic esters (lactones) is 1. The maximum Gasteiger partial charge on any atom is 0.410 e. The Balaban J connectivity index is 1.68. The van der Waals surface area contributed by atoms with Gasteiger partial charge in [-0.25, -0.2) is 22.9 Å². The second-order valence-corrected chi connectivity index (χ2v) is 5.65. The van der Waals surface area contributed by atoms with Crippen molar-refractivity contribution < 1.29 is 27.4 Å². The van der Waals surface area contributed by atoms with Gasteiger partial charge in [-0.3, -0.25) is 4.90 Å². The highest BCUT2D eigenvalue weighted by atomic mass is 19.3. The van der Waals surface area contributed by atoms with Crippen LogP contribution in [0.2, 0.25) is 0 Å². The molecule has 1 amide bonds. The van der Waals surface area contributed by atoms with E-state index in [1.807, 2.05) is 6.92 Å². The van der Waals surface area contributed by atoms with Crippen LogP contribution in [-0.2, 0) is 11.3 Å². The van der Waals surface area contributed by atoms with Crippen molar-refractivity contribution in [3.05, 3.63) is 53.5 Å². The second kappa shape index (κ2) is 7.00. The fourth-order valence-electron chi connectivity index (χ4n) is 2.37. The molecule has 132 valence electrons. The van der Waals surface area contributed by atoms with E-state index in [4.69, 9.17) is 9.47 Å². The lowest BCUT2D eigenvalue weighted by Crippen LogP contribution is -2.30. The number of pyridine rings is 1. The van der Waals surface area contributed by atoms with Crippen molar-refractivity contribution in [1.82, 2.24) is 9.88 Å². The molecule has 1 aromatic carbocycles. The van der Waals surface area contributed by atoms with E-state index >= 15 is 0 Å². The monoisotopic (exact) mass is 352 g/mol. The molecule has 0 unspecified atom stereocenters. The Kier molecular flexibility index (Phi) is 4.78. The zero-order valence-electron chi connectivity index (χ0n) is 13.3. The number of carbonyl (C=O) groups is 1. The molecule has 5 nitrogen and oxygen atoms in total. The molecular formula is C17H15F3N2O3. The van der Waals surface area contributed by atoms with Gasteiger partial charge in [0, 0.05) is 17.8 Å². The first kappa shape index (κ1) is 17.1. The maximum absolute atomic E-state index is 13.8. The molecule has 1 saturated heterocycles. The lowest BCUT2D eigenvalue weighted by atomic mass is 10.2. The van der Waals surface area contributed by atoms with Crippen LogP contribution in [0.1, 0.15) is 24.5 Å². The van der Waals surface area contributed by atoms with Crippen LogP contribution in [0.3, 0.4) is 0 Å². The number of halogens is 3. The minimum absolute atomic E-state index is 0.0223. The average molecular weight is 352 g/mol. The van der Waals surface area contributed by atoms with Crippen LogP contribution in [0.4, 0.5) is 18.0 Å². The lowest BCUT2D eigenvalue weighted by Gasteiger charge is -2.17. The summed E-state index contributed by atoms with van der Waals surface area (Å²) in [7, 11) is 0. The molecule has 2 aromatic rings. The van der Waals surface area contributed by atoms with Crippen LogP contribution in [-0.4, -0.2) is 28.6 Å². The number of aromatic nitrogens is 1. The first-order valence-electron chi connectivity index (χ1n) is 7.58. The molecule has 1 fully saturated rings. The minimum Gasteiger partial charge on any atom is -0.447 e. The summed E-state index contributed by atoms with van der Waals surface area (Å²) in [6.07, 6.45) is -1.63. The van der Waals surface area contributed by atoms with Gasteiger partial charge >= 0.3 is 6.09 Å². The third kappa shape index (κ3) is 3.84. The van der Waals surface area contributed by atoms with Crippen LogP contribution < -0.4 is 4.74 Å². The van der Waals surface area contributed by atoms with Crippen molar-refractivity contribution in [3.63, 3.8) is 0 Å². The fraction of sp³-hybridized carbons (Fsp3) is 0.294. The van der Waals surface area contributed by atoms with Crippen molar-refractivity contribution in [3.8, 4) is 11.6 Å². The molecule has 0 spiro atoms. The molecule has 3 rings (SSSR count). The normalized spacial score (nSPS) is 17.1. The van der Waals surface area contributed by atoms with E-state index < -0.39 is 17.8 Å². The number of rotatable bonds is 5. The Morgan fingerprint density at radius 3 is 2.72 bits per heavy atom. The summed E-state index contributed by atoms with van der Waals surface area (Å²) in [6, 6.07) is 6.14. The fourth-order valence-corrected chi connectivity index (χ4v) is 2.37. The first-order valence-corrected chi connectivity index (χ1v) is 7.58. The number of amides is 1. The highest BCUT2D eigenvalue weighted by molar-refractivity contribution is 5.70. The summed E-state index contributed by atoms with van der Waals surface area (Å²) in [5, 5.41) is 0. The first-order chi connectivity index (χ1) is 11.9. The number of hydrogen-bond acceptors (Lipinski definition) is 4. The smallest absolute Gasteiger partial charge is 0.410 e. The standard InChI is InChI=1S/C17H15F3N2O3/c1-10-9-24-17(23)22(10)8-11-2-5-15(21-7-11)25-14-4-3-12(16(19)20)6-13(14)18/h2-7,10,16H,8-9H2,1H3/t10-/m0/s1. The van der Waals surface area contributed by atoms with Crippen LogP contribution in [0.15, 0.2) is 36.5 Å². The van der Waals surface area contributed by atoms with Gasteiger partial charge in [0.2, 0.25) is 5.88 Å². The SMILES string of the molecule is C[C@H]1COC(=O)N1Cc1ccc(Oc2ccc(C(F)F)cc2F)nc1. The molecule has 1 aliphatic rings. The van der Waals surface area contributed by atoms with Crippen molar-refractivity contribution >= 4 is 6.09 Å². The summed E-state index contributed by atoms with van der Waals surface area (Å²) < 4.78 is 49.0. The molecule has 0 bridgehead atoms. The zero-order chi connectivity index (χ0) is 18.0. The summed E-state index contributed by atoms with van der Waals surface area (Å²) in [6.45, 7) is 2.56. The van der Waals surface area contributed by atoms with Gasteiger partial charge in [0.05, 0.1) is 12.6 Å². The number of nitrogens with zero attached hydrogens (tertiary/aromatic N) is 2. The molecule has 0 saturated carbocycles. The largest absolute Gasteiger partial charge is 0.447 e.